The Balaban J connectivity index is 1.63. The van der Waals surface area contributed by atoms with Crippen LogP contribution in [0.15, 0.2) is 45.7 Å². The molecule has 5 nitrogen and oxygen atoms in total. The summed E-state index contributed by atoms with van der Waals surface area (Å²) in [6.45, 7) is 2.90. The van der Waals surface area contributed by atoms with Crippen molar-refractivity contribution in [3.05, 3.63) is 62.5 Å². The smallest absolute Gasteiger partial charge is 0.255 e. The minimum atomic E-state index is -0.0968. The molecule has 0 spiro atoms. The van der Waals surface area contributed by atoms with Crippen LogP contribution in [0.25, 0.3) is 0 Å². The number of hydrogen-bond acceptors (Lipinski definition) is 3. The highest BCUT2D eigenvalue weighted by molar-refractivity contribution is 9.10. The van der Waals surface area contributed by atoms with Gasteiger partial charge in [0.25, 0.3) is 11.5 Å². The van der Waals surface area contributed by atoms with Gasteiger partial charge in [0, 0.05) is 23.3 Å². The van der Waals surface area contributed by atoms with Gasteiger partial charge in [-0.1, -0.05) is 12.1 Å². The molecule has 0 atom stereocenters. The normalized spacial score (nSPS) is 14.5. The Morgan fingerprint density at radius 2 is 1.96 bits per heavy atom. The zero-order valence-corrected chi connectivity index (χ0v) is 14.5. The number of carbonyl (C=O) groups is 1. The monoisotopic (exact) mass is 376 g/mol. The first-order chi connectivity index (χ1) is 11.0. The van der Waals surface area contributed by atoms with Crippen LogP contribution in [0, 0.1) is 6.92 Å². The van der Waals surface area contributed by atoms with Gasteiger partial charge in [-0.3, -0.25) is 9.59 Å². The Labute approximate surface area is 142 Å². The topological polar surface area (TPSA) is 51.5 Å². The highest BCUT2D eigenvalue weighted by atomic mass is 79.9. The molecule has 1 aromatic carbocycles. The van der Waals surface area contributed by atoms with Crippen LogP contribution in [0.1, 0.15) is 16.1 Å². The van der Waals surface area contributed by atoms with Crippen LogP contribution in [0.3, 0.4) is 0 Å². The molecule has 3 rings (SSSR count). The fraction of sp³-hybridized carbons (Fsp3) is 0.294. The molecule has 0 N–H and O–H groups in total. The number of aryl methyl sites for hydroxylation is 1. The van der Waals surface area contributed by atoms with Crippen LogP contribution < -0.4 is 10.3 Å². The van der Waals surface area contributed by atoms with E-state index in [-0.39, 0.29) is 17.6 Å². The highest BCUT2D eigenvalue weighted by Gasteiger charge is 2.33. The van der Waals surface area contributed by atoms with Gasteiger partial charge in [0.05, 0.1) is 18.7 Å². The van der Waals surface area contributed by atoms with Crippen LogP contribution in [0.2, 0.25) is 0 Å². The number of carbonyl (C=O) groups excluding carboxylic acids is 1. The SMILES string of the molecule is Cc1cc(OC2CN(C(=O)c3ccccc3Br)C2)cc(=O)n1C. The van der Waals surface area contributed by atoms with Gasteiger partial charge in [-0.25, -0.2) is 0 Å². The minimum absolute atomic E-state index is 0.0162. The maximum absolute atomic E-state index is 12.4. The second-order valence-electron chi connectivity index (χ2n) is 5.66. The Bertz CT molecular complexity index is 810. The van der Waals surface area contributed by atoms with Crippen molar-refractivity contribution in [1.82, 2.24) is 9.47 Å². The number of amides is 1. The second-order valence-corrected chi connectivity index (χ2v) is 6.51. The van der Waals surface area contributed by atoms with E-state index in [1.807, 2.05) is 31.2 Å². The van der Waals surface area contributed by atoms with Crippen molar-refractivity contribution < 1.29 is 9.53 Å². The molecule has 0 unspecified atom stereocenters. The number of likely N-dealkylation sites (tertiary alicyclic amines) is 1. The van der Waals surface area contributed by atoms with Gasteiger partial charge < -0.3 is 14.2 Å². The summed E-state index contributed by atoms with van der Waals surface area (Å²) in [5, 5.41) is 0. The number of ether oxygens (including phenoxy) is 1. The molecule has 1 fully saturated rings. The molecule has 6 heteroatoms. The third-order valence-corrected chi connectivity index (χ3v) is 4.71. The summed E-state index contributed by atoms with van der Waals surface area (Å²) in [6.07, 6.45) is -0.0760. The van der Waals surface area contributed by atoms with Crippen molar-refractivity contribution in [2.24, 2.45) is 7.05 Å². The lowest BCUT2D eigenvalue weighted by atomic mass is 10.1. The van der Waals surface area contributed by atoms with Gasteiger partial charge >= 0.3 is 0 Å². The lowest BCUT2D eigenvalue weighted by Crippen LogP contribution is -2.56. The lowest BCUT2D eigenvalue weighted by molar-refractivity contribution is 0.0176. The quantitative estimate of drug-likeness (QED) is 0.825. The average molecular weight is 377 g/mol. The summed E-state index contributed by atoms with van der Waals surface area (Å²) < 4.78 is 8.15. The molecular weight excluding hydrogens is 360 g/mol. The molecule has 1 saturated heterocycles. The largest absolute Gasteiger partial charge is 0.486 e. The van der Waals surface area contributed by atoms with Crippen molar-refractivity contribution in [2.75, 3.05) is 13.1 Å². The van der Waals surface area contributed by atoms with Crippen molar-refractivity contribution in [3.63, 3.8) is 0 Å². The fourth-order valence-electron chi connectivity index (χ4n) is 2.48. The van der Waals surface area contributed by atoms with Crippen LogP contribution in [0.5, 0.6) is 5.75 Å². The summed E-state index contributed by atoms with van der Waals surface area (Å²) in [5.74, 6) is 0.543. The molecule has 1 aliphatic rings. The first-order valence-electron chi connectivity index (χ1n) is 7.34. The Morgan fingerprint density at radius 1 is 1.26 bits per heavy atom. The summed E-state index contributed by atoms with van der Waals surface area (Å²) >= 11 is 3.39. The second kappa shape index (κ2) is 6.20. The molecule has 1 aliphatic heterocycles. The molecule has 0 bridgehead atoms. The number of rotatable bonds is 3. The van der Waals surface area contributed by atoms with Gasteiger partial charge in [0.1, 0.15) is 11.9 Å². The van der Waals surface area contributed by atoms with Gasteiger partial charge in [-0.15, -0.1) is 0 Å². The number of aromatic nitrogens is 1. The van der Waals surface area contributed by atoms with Crippen molar-refractivity contribution >= 4 is 21.8 Å². The van der Waals surface area contributed by atoms with Gasteiger partial charge in [-0.05, 0) is 41.1 Å². The third-order valence-electron chi connectivity index (χ3n) is 4.02. The predicted octanol–water partition coefficient (Wildman–Crippen LogP) is 2.36. The maximum Gasteiger partial charge on any atom is 0.255 e. The van der Waals surface area contributed by atoms with Crippen LogP contribution in [-0.2, 0) is 7.05 Å². The Hall–Kier alpha value is -2.08. The van der Waals surface area contributed by atoms with E-state index in [0.717, 1.165) is 10.2 Å². The summed E-state index contributed by atoms with van der Waals surface area (Å²) in [7, 11) is 1.73. The molecule has 0 radical (unpaired) electrons. The van der Waals surface area contributed by atoms with Gasteiger partial charge in [0.15, 0.2) is 0 Å². The molecule has 2 heterocycles. The molecule has 1 amide bonds. The zero-order chi connectivity index (χ0) is 16.6. The number of pyridine rings is 1. The Kier molecular flexibility index (Phi) is 4.26. The van der Waals surface area contributed by atoms with Crippen LogP contribution >= 0.6 is 15.9 Å². The van der Waals surface area contributed by atoms with E-state index in [1.54, 1.807) is 22.6 Å². The maximum atomic E-state index is 12.4. The molecule has 1 aromatic heterocycles. The van der Waals surface area contributed by atoms with E-state index in [4.69, 9.17) is 4.74 Å². The van der Waals surface area contributed by atoms with Crippen LogP contribution in [0.4, 0.5) is 0 Å². The predicted molar refractivity (Wildman–Crippen MR) is 90.9 cm³/mol. The zero-order valence-electron chi connectivity index (χ0n) is 13.0. The van der Waals surface area contributed by atoms with E-state index >= 15 is 0 Å². The fourth-order valence-corrected chi connectivity index (χ4v) is 2.94. The van der Waals surface area contributed by atoms with E-state index in [9.17, 15) is 9.59 Å². The average Bonchev–Trinajstić information content (AvgIpc) is 2.48. The van der Waals surface area contributed by atoms with E-state index < -0.39 is 0 Å². The highest BCUT2D eigenvalue weighted by Crippen LogP contribution is 2.23. The van der Waals surface area contributed by atoms with E-state index in [2.05, 4.69) is 15.9 Å². The molecule has 0 aliphatic carbocycles. The van der Waals surface area contributed by atoms with Crippen molar-refractivity contribution in [3.8, 4) is 5.75 Å². The molecule has 2 aromatic rings. The van der Waals surface area contributed by atoms with Crippen LogP contribution in [-0.4, -0.2) is 34.6 Å². The number of hydrogen-bond donors (Lipinski definition) is 0. The van der Waals surface area contributed by atoms with Crippen molar-refractivity contribution in [2.45, 2.75) is 13.0 Å². The molecular formula is C17H17BrN2O3. The Morgan fingerprint density at radius 3 is 2.61 bits per heavy atom. The van der Waals surface area contributed by atoms with Gasteiger partial charge in [-0.2, -0.15) is 0 Å². The van der Waals surface area contributed by atoms with Gasteiger partial charge in [0.2, 0.25) is 0 Å². The number of benzene rings is 1. The van der Waals surface area contributed by atoms with E-state index in [0.29, 0.717) is 24.4 Å². The first-order valence-corrected chi connectivity index (χ1v) is 8.13. The molecule has 23 heavy (non-hydrogen) atoms. The standard InChI is InChI=1S/C17H17BrN2O3/c1-11-7-12(8-16(21)19(11)2)23-13-9-20(10-13)17(22)14-5-3-4-6-15(14)18/h3-8,13H,9-10H2,1-2H3. The lowest BCUT2D eigenvalue weighted by Gasteiger charge is -2.39. The summed E-state index contributed by atoms with van der Waals surface area (Å²) in [4.78, 5) is 25.9. The molecule has 120 valence electrons. The number of halogens is 1. The summed E-state index contributed by atoms with van der Waals surface area (Å²) in [6, 6.07) is 10.7. The van der Waals surface area contributed by atoms with E-state index in [1.165, 1.54) is 6.07 Å². The van der Waals surface area contributed by atoms with Crippen molar-refractivity contribution in [1.29, 1.82) is 0 Å². The molecule has 0 saturated carbocycles. The minimum Gasteiger partial charge on any atom is -0.486 e. The third kappa shape index (κ3) is 3.17. The number of nitrogens with zero attached hydrogens (tertiary/aromatic N) is 2. The first kappa shape index (κ1) is 15.8. The summed E-state index contributed by atoms with van der Waals surface area (Å²) in [5.41, 5.74) is 1.39.